The van der Waals surface area contributed by atoms with Crippen molar-refractivity contribution in [3.63, 3.8) is 0 Å². The summed E-state index contributed by atoms with van der Waals surface area (Å²) >= 11 is 8.49. The van der Waals surface area contributed by atoms with Crippen LogP contribution in [0.5, 0.6) is 0 Å². The molecule has 4 heterocycles. The number of hydrogen-bond acceptors (Lipinski definition) is 10. The van der Waals surface area contributed by atoms with Gasteiger partial charge in [0.1, 0.15) is 10.0 Å². The summed E-state index contributed by atoms with van der Waals surface area (Å²) in [5, 5.41) is 24.6. The van der Waals surface area contributed by atoms with E-state index in [2.05, 4.69) is 41.0 Å². The van der Waals surface area contributed by atoms with E-state index >= 15 is 0 Å². The number of carbonyl (C=O) groups excluding carboxylic acids is 2. The lowest BCUT2D eigenvalue weighted by Crippen LogP contribution is -2.23. The predicted molar refractivity (Wildman–Crippen MR) is 132 cm³/mol. The highest BCUT2D eigenvalue weighted by atomic mass is 35.5. The van der Waals surface area contributed by atoms with Gasteiger partial charge in [0.05, 0.1) is 24.5 Å². The van der Waals surface area contributed by atoms with Gasteiger partial charge in [-0.2, -0.15) is 0 Å². The van der Waals surface area contributed by atoms with Crippen LogP contribution in [0.1, 0.15) is 53.8 Å². The Hall–Kier alpha value is -3.35. The van der Waals surface area contributed by atoms with Crippen LogP contribution in [-0.2, 0) is 25.9 Å². The Kier molecular flexibility index (Phi) is 8.76. The molecule has 0 atom stereocenters. The molecule has 0 aliphatic carbocycles. The van der Waals surface area contributed by atoms with Crippen molar-refractivity contribution in [2.24, 2.45) is 0 Å². The first kappa shape index (κ1) is 24.8. The molecule has 4 rings (SSSR count). The van der Waals surface area contributed by atoms with Crippen LogP contribution in [0.4, 0.5) is 0 Å². The third kappa shape index (κ3) is 7.57. The van der Waals surface area contributed by atoms with E-state index in [4.69, 9.17) is 11.6 Å². The minimum absolute atomic E-state index is 0.259. The third-order valence-electron chi connectivity index (χ3n) is 4.72. The summed E-state index contributed by atoms with van der Waals surface area (Å²) < 4.78 is 0. The molecule has 4 aromatic heterocycles. The van der Waals surface area contributed by atoms with Crippen molar-refractivity contribution in [3.8, 4) is 0 Å². The summed E-state index contributed by atoms with van der Waals surface area (Å²) in [7, 11) is 0. The van der Waals surface area contributed by atoms with Gasteiger partial charge in [-0.3, -0.25) is 19.6 Å². The van der Waals surface area contributed by atoms with Gasteiger partial charge >= 0.3 is 0 Å². The highest BCUT2D eigenvalue weighted by Crippen LogP contribution is 2.16. The van der Waals surface area contributed by atoms with E-state index in [1.54, 1.807) is 24.5 Å². The molecule has 0 fully saturated rings. The normalized spacial score (nSPS) is 10.8. The molecule has 2 amide bonds. The average Bonchev–Trinajstić information content (AvgIpc) is 3.55. The summed E-state index contributed by atoms with van der Waals surface area (Å²) in [6.45, 7) is 0.604. The predicted octanol–water partition coefficient (Wildman–Crippen LogP) is 3.26. The molecule has 0 aliphatic rings. The fraction of sp³-hybridized carbons (Fsp3) is 0.273. The third-order valence-corrected chi connectivity index (χ3v) is 6.92. The Labute approximate surface area is 214 Å². The molecular weight excluding hydrogens is 508 g/mol. The van der Waals surface area contributed by atoms with Crippen LogP contribution in [0.3, 0.4) is 0 Å². The van der Waals surface area contributed by atoms with Gasteiger partial charge in [0.2, 0.25) is 10.0 Å². The van der Waals surface area contributed by atoms with Crippen molar-refractivity contribution in [1.29, 1.82) is 0 Å². The van der Waals surface area contributed by atoms with Gasteiger partial charge < -0.3 is 10.6 Å². The molecule has 35 heavy (non-hydrogen) atoms. The minimum Gasteiger partial charge on any atom is -0.344 e. The van der Waals surface area contributed by atoms with Crippen LogP contribution in [0.2, 0.25) is 5.02 Å². The fourth-order valence-corrected chi connectivity index (χ4v) is 4.76. The Morgan fingerprint density at radius 1 is 0.771 bits per heavy atom. The lowest BCUT2D eigenvalue weighted by atomic mass is 10.2. The Morgan fingerprint density at radius 3 is 1.94 bits per heavy atom. The number of nitrogens with one attached hydrogen (secondary N) is 2. The maximum atomic E-state index is 12.3. The molecule has 0 radical (unpaired) electrons. The van der Waals surface area contributed by atoms with Gasteiger partial charge in [-0.15, -0.1) is 20.4 Å². The van der Waals surface area contributed by atoms with Gasteiger partial charge in [-0.05, 0) is 37.1 Å². The summed E-state index contributed by atoms with van der Waals surface area (Å²) in [4.78, 5) is 32.9. The van der Waals surface area contributed by atoms with Crippen LogP contribution >= 0.6 is 34.3 Å². The zero-order valence-electron chi connectivity index (χ0n) is 18.5. The molecule has 0 unspecified atom stereocenters. The molecule has 0 aliphatic heterocycles. The van der Waals surface area contributed by atoms with Crippen LogP contribution in [0.15, 0.2) is 42.7 Å². The molecule has 4 aromatic rings. The summed E-state index contributed by atoms with van der Waals surface area (Å²) in [5.74, 6) is -0.552. The lowest BCUT2D eigenvalue weighted by Gasteiger charge is -2.02. The average molecular weight is 529 g/mol. The second-order valence-electron chi connectivity index (χ2n) is 7.36. The van der Waals surface area contributed by atoms with Crippen molar-refractivity contribution in [1.82, 2.24) is 41.0 Å². The SMILES string of the molecule is O=C(NCc1ccccn1)c1nnc(CCCCc2nnc(C(=O)NCc3cc(Cl)ccn3)s2)s1. The van der Waals surface area contributed by atoms with Crippen molar-refractivity contribution in [2.45, 2.75) is 38.8 Å². The number of amides is 2. The molecule has 10 nitrogen and oxygen atoms in total. The molecule has 0 saturated heterocycles. The van der Waals surface area contributed by atoms with Gasteiger partial charge in [-0.25, -0.2) is 0 Å². The molecule has 0 spiro atoms. The summed E-state index contributed by atoms with van der Waals surface area (Å²) in [6.07, 6.45) is 6.40. The topological polar surface area (TPSA) is 136 Å². The Morgan fingerprint density at radius 2 is 1.37 bits per heavy atom. The highest BCUT2D eigenvalue weighted by molar-refractivity contribution is 7.13. The number of aromatic nitrogens is 6. The zero-order valence-corrected chi connectivity index (χ0v) is 20.9. The van der Waals surface area contributed by atoms with Gasteiger partial charge in [0.15, 0.2) is 0 Å². The molecule has 13 heteroatoms. The molecule has 180 valence electrons. The first-order valence-electron chi connectivity index (χ1n) is 10.8. The first-order chi connectivity index (χ1) is 17.1. The van der Waals surface area contributed by atoms with Crippen LogP contribution in [0.25, 0.3) is 0 Å². The maximum absolute atomic E-state index is 12.3. The quantitative estimate of drug-likeness (QED) is 0.283. The molecule has 2 N–H and O–H groups in total. The van der Waals surface area contributed by atoms with Crippen molar-refractivity contribution >= 4 is 46.1 Å². The number of carbonyl (C=O) groups is 2. The maximum Gasteiger partial charge on any atom is 0.282 e. The van der Waals surface area contributed by atoms with Crippen molar-refractivity contribution < 1.29 is 9.59 Å². The van der Waals surface area contributed by atoms with E-state index in [9.17, 15) is 9.59 Å². The molecule has 0 aromatic carbocycles. The largest absolute Gasteiger partial charge is 0.344 e. The molecule has 0 bridgehead atoms. The minimum atomic E-state index is -0.293. The van der Waals surface area contributed by atoms with Crippen LogP contribution in [-0.4, -0.2) is 42.2 Å². The van der Waals surface area contributed by atoms with Crippen molar-refractivity contribution in [2.75, 3.05) is 0 Å². The Balaban J connectivity index is 1.16. The van der Waals surface area contributed by atoms with E-state index in [0.29, 0.717) is 40.1 Å². The smallest absolute Gasteiger partial charge is 0.282 e. The standard InChI is InChI=1S/C22H21ClN8O2S2/c23-14-8-10-25-16(11-14)13-27-20(33)22-31-29-18(35-22)7-2-1-6-17-28-30-21(34-17)19(32)26-12-15-5-3-4-9-24-15/h3-5,8-11H,1-2,6-7,12-13H2,(H,26,32)(H,27,33). The Bertz CT molecular complexity index is 1280. The van der Waals surface area contributed by atoms with Crippen LogP contribution < -0.4 is 10.6 Å². The molecule has 0 saturated carbocycles. The number of hydrogen-bond donors (Lipinski definition) is 2. The van der Waals surface area contributed by atoms with E-state index in [-0.39, 0.29) is 18.4 Å². The van der Waals surface area contributed by atoms with E-state index in [1.165, 1.54) is 22.7 Å². The first-order valence-corrected chi connectivity index (χ1v) is 12.8. The summed E-state index contributed by atoms with van der Waals surface area (Å²) in [5.41, 5.74) is 1.45. The van der Waals surface area contributed by atoms with Crippen molar-refractivity contribution in [3.05, 3.63) is 79.2 Å². The number of halogens is 1. The zero-order chi connectivity index (χ0) is 24.5. The van der Waals surface area contributed by atoms with Gasteiger partial charge in [0, 0.05) is 30.3 Å². The van der Waals surface area contributed by atoms with E-state index in [0.717, 1.165) is 28.6 Å². The van der Waals surface area contributed by atoms with Gasteiger partial charge in [-0.1, -0.05) is 40.3 Å². The number of rotatable bonds is 11. The second-order valence-corrected chi connectivity index (χ2v) is 9.92. The second kappa shape index (κ2) is 12.4. The van der Waals surface area contributed by atoms with Gasteiger partial charge in [0.25, 0.3) is 11.8 Å². The van der Waals surface area contributed by atoms with E-state index < -0.39 is 0 Å². The fourth-order valence-electron chi connectivity index (χ4n) is 2.99. The monoisotopic (exact) mass is 528 g/mol. The highest BCUT2D eigenvalue weighted by Gasteiger charge is 2.14. The summed E-state index contributed by atoms with van der Waals surface area (Å²) in [6, 6.07) is 8.91. The lowest BCUT2D eigenvalue weighted by molar-refractivity contribution is 0.0941. The molecular formula is C22H21ClN8O2S2. The van der Waals surface area contributed by atoms with Crippen LogP contribution in [0, 0.1) is 0 Å². The number of nitrogens with zero attached hydrogens (tertiary/aromatic N) is 6. The number of pyridine rings is 2. The number of aryl methyl sites for hydroxylation is 2. The van der Waals surface area contributed by atoms with E-state index in [1.807, 2.05) is 18.2 Å². The number of unbranched alkanes of at least 4 members (excludes halogenated alkanes) is 1.